The summed E-state index contributed by atoms with van der Waals surface area (Å²) in [7, 11) is 1.51. The molecular weight excluding hydrogens is 496 g/mol. The number of anilines is 1. The molecule has 0 aromatic heterocycles. The number of benzene rings is 2. The van der Waals surface area contributed by atoms with E-state index in [4.69, 9.17) is 9.47 Å². The molecule has 1 heterocycles. The predicted octanol–water partition coefficient (Wildman–Crippen LogP) is 5.01. The first-order valence-electron chi connectivity index (χ1n) is 9.55. The molecule has 0 bridgehead atoms. The number of nitrogens with one attached hydrogen (secondary N) is 1. The highest BCUT2D eigenvalue weighted by Crippen LogP contribution is 2.39. The standard InChI is InChI=1S/C23H21BrN2O5S/c1-4-9-31-21-17(24)10-15(11-18(21)30-3)12-19-22(28)26(23(29)32-19)13-20(27)25-16-7-5-14(2)6-8-16/h4-8,10-12H,1,9,13H2,2-3H3,(H,25,27)/b19-12-. The van der Waals surface area contributed by atoms with E-state index in [-0.39, 0.29) is 11.4 Å². The minimum Gasteiger partial charge on any atom is -0.493 e. The van der Waals surface area contributed by atoms with Crippen LogP contribution in [0, 0.1) is 6.92 Å². The molecule has 1 aliphatic heterocycles. The van der Waals surface area contributed by atoms with E-state index >= 15 is 0 Å². The first kappa shape index (κ1) is 23.6. The zero-order chi connectivity index (χ0) is 23.3. The van der Waals surface area contributed by atoms with Gasteiger partial charge in [0.05, 0.1) is 16.5 Å². The molecule has 32 heavy (non-hydrogen) atoms. The number of methoxy groups -OCH3 is 1. The van der Waals surface area contributed by atoms with Crippen LogP contribution in [0.4, 0.5) is 10.5 Å². The third kappa shape index (κ3) is 5.60. The van der Waals surface area contributed by atoms with Gasteiger partial charge < -0.3 is 14.8 Å². The Morgan fingerprint density at radius 2 is 1.97 bits per heavy atom. The third-order valence-electron chi connectivity index (χ3n) is 4.41. The van der Waals surface area contributed by atoms with E-state index in [0.29, 0.717) is 33.8 Å². The Bertz CT molecular complexity index is 1100. The van der Waals surface area contributed by atoms with Crippen LogP contribution in [0.5, 0.6) is 11.5 Å². The SMILES string of the molecule is C=CCOc1c(Br)cc(/C=C2\SC(=O)N(CC(=O)Nc3ccc(C)cc3)C2=O)cc1OC. The predicted molar refractivity (Wildman–Crippen MR) is 129 cm³/mol. The van der Waals surface area contributed by atoms with Gasteiger partial charge in [-0.2, -0.15) is 0 Å². The van der Waals surface area contributed by atoms with Crippen molar-refractivity contribution >= 4 is 56.5 Å². The van der Waals surface area contributed by atoms with E-state index < -0.39 is 17.1 Å². The zero-order valence-corrected chi connectivity index (χ0v) is 19.9. The van der Waals surface area contributed by atoms with Crippen molar-refractivity contribution < 1.29 is 23.9 Å². The highest BCUT2D eigenvalue weighted by molar-refractivity contribution is 9.10. The molecule has 166 valence electrons. The summed E-state index contributed by atoms with van der Waals surface area (Å²) < 4.78 is 11.6. The van der Waals surface area contributed by atoms with Crippen LogP contribution in [0.15, 0.2) is 58.4 Å². The average Bonchev–Trinajstić information content (AvgIpc) is 3.01. The summed E-state index contributed by atoms with van der Waals surface area (Å²) in [5.41, 5.74) is 2.29. The van der Waals surface area contributed by atoms with E-state index in [1.165, 1.54) is 7.11 Å². The molecular formula is C23H21BrN2O5S. The van der Waals surface area contributed by atoms with Crippen molar-refractivity contribution in [3.63, 3.8) is 0 Å². The monoisotopic (exact) mass is 516 g/mol. The Kier molecular flexibility index (Phi) is 7.76. The molecule has 2 aromatic carbocycles. The van der Waals surface area contributed by atoms with Gasteiger partial charge >= 0.3 is 0 Å². The molecule has 2 aromatic rings. The molecule has 9 heteroatoms. The molecule has 1 fully saturated rings. The number of aryl methyl sites for hydroxylation is 1. The second-order valence-corrected chi connectivity index (χ2v) is 8.66. The Hall–Kier alpha value is -3.04. The Labute approximate surface area is 198 Å². The molecule has 3 amide bonds. The fraction of sp³-hybridized carbons (Fsp3) is 0.174. The van der Waals surface area contributed by atoms with Crippen LogP contribution in [0.25, 0.3) is 6.08 Å². The number of hydrogen-bond donors (Lipinski definition) is 1. The zero-order valence-electron chi connectivity index (χ0n) is 17.5. The Balaban J connectivity index is 1.74. The van der Waals surface area contributed by atoms with Crippen molar-refractivity contribution in [1.82, 2.24) is 4.90 Å². The van der Waals surface area contributed by atoms with Gasteiger partial charge in [-0.05, 0) is 70.5 Å². The van der Waals surface area contributed by atoms with E-state index in [2.05, 4.69) is 27.8 Å². The fourth-order valence-electron chi connectivity index (χ4n) is 2.87. The van der Waals surface area contributed by atoms with Crippen molar-refractivity contribution in [3.8, 4) is 11.5 Å². The summed E-state index contributed by atoms with van der Waals surface area (Å²) in [5.74, 6) is -0.0127. The van der Waals surface area contributed by atoms with Crippen LogP contribution in [0.3, 0.4) is 0 Å². The van der Waals surface area contributed by atoms with Crippen LogP contribution < -0.4 is 14.8 Å². The summed E-state index contributed by atoms with van der Waals surface area (Å²) in [4.78, 5) is 38.6. The maximum atomic E-state index is 12.8. The lowest BCUT2D eigenvalue weighted by Crippen LogP contribution is -2.36. The average molecular weight is 517 g/mol. The minimum atomic E-state index is -0.527. The van der Waals surface area contributed by atoms with Crippen LogP contribution >= 0.6 is 27.7 Å². The Morgan fingerprint density at radius 3 is 2.62 bits per heavy atom. The largest absolute Gasteiger partial charge is 0.493 e. The fourth-order valence-corrected chi connectivity index (χ4v) is 4.29. The van der Waals surface area contributed by atoms with E-state index in [0.717, 1.165) is 22.2 Å². The highest BCUT2D eigenvalue weighted by Gasteiger charge is 2.36. The second-order valence-electron chi connectivity index (χ2n) is 6.82. The lowest BCUT2D eigenvalue weighted by atomic mass is 10.2. The topological polar surface area (TPSA) is 84.9 Å². The van der Waals surface area contributed by atoms with Crippen LogP contribution in [-0.4, -0.2) is 42.2 Å². The number of nitrogens with zero attached hydrogens (tertiary/aromatic N) is 1. The van der Waals surface area contributed by atoms with Gasteiger partial charge in [-0.15, -0.1) is 0 Å². The minimum absolute atomic E-state index is 0.215. The molecule has 0 unspecified atom stereocenters. The van der Waals surface area contributed by atoms with Gasteiger partial charge in [0.1, 0.15) is 13.2 Å². The number of carbonyl (C=O) groups is 3. The normalized spacial score (nSPS) is 14.6. The van der Waals surface area contributed by atoms with Crippen LogP contribution in [0.1, 0.15) is 11.1 Å². The first-order valence-corrected chi connectivity index (χ1v) is 11.2. The number of carbonyl (C=O) groups excluding carboxylic acids is 3. The van der Waals surface area contributed by atoms with Gasteiger partial charge in [-0.3, -0.25) is 19.3 Å². The highest BCUT2D eigenvalue weighted by atomic mass is 79.9. The molecule has 1 saturated heterocycles. The van der Waals surface area contributed by atoms with Crippen molar-refractivity contribution in [2.24, 2.45) is 0 Å². The van der Waals surface area contributed by atoms with Gasteiger partial charge in [0.25, 0.3) is 11.1 Å². The molecule has 0 atom stereocenters. The second kappa shape index (κ2) is 10.5. The summed E-state index contributed by atoms with van der Waals surface area (Å²) in [6.07, 6.45) is 3.19. The molecule has 0 aliphatic carbocycles. The number of hydrogen-bond acceptors (Lipinski definition) is 6. The molecule has 1 N–H and O–H groups in total. The van der Waals surface area contributed by atoms with Gasteiger partial charge in [-0.1, -0.05) is 30.4 Å². The number of halogens is 1. The summed E-state index contributed by atoms with van der Waals surface area (Å²) in [5, 5.41) is 2.19. The van der Waals surface area contributed by atoms with Crippen molar-refractivity contribution in [1.29, 1.82) is 0 Å². The number of rotatable bonds is 8. The maximum absolute atomic E-state index is 12.8. The van der Waals surface area contributed by atoms with Gasteiger partial charge in [-0.25, -0.2) is 0 Å². The summed E-state index contributed by atoms with van der Waals surface area (Å²) in [6, 6.07) is 10.7. The molecule has 7 nitrogen and oxygen atoms in total. The van der Waals surface area contributed by atoms with E-state index in [1.54, 1.807) is 36.4 Å². The van der Waals surface area contributed by atoms with Crippen LogP contribution in [0.2, 0.25) is 0 Å². The molecule has 0 spiro atoms. The molecule has 0 saturated carbocycles. The third-order valence-corrected chi connectivity index (χ3v) is 5.90. The smallest absolute Gasteiger partial charge is 0.294 e. The van der Waals surface area contributed by atoms with Crippen LogP contribution in [-0.2, 0) is 9.59 Å². The number of amides is 3. The number of thioether (sulfide) groups is 1. The van der Waals surface area contributed by atoms with Gasteiger partial charge in [0.2, 0.25) is 5.91 Å². The number of ether oxygens (including phenoxy) is 2. The first-order chi connectivity index (χ1) is 15.3. The maximum Gasteiger partial charge on any atom is 0.294 e. The lowest BCUT2D eigenvalue weighted by molar-refractivity contribution is -0.127. The quantitative estimate of drug-likeness (QED) is 0.392. The summed E-state index contributed by atoms with van der Waals surface area (Å²) >= 11 is 4.22. The number of imide groups is 1. The van der Waals surface area contributed by atoms with E-state index in [9.17, 15) is 14.4 Å². The summed E-state index contributed by atoms with van der Waals surface area (Å²) in [6.45, 7) is 5.50. The van der Waals surface area contributed by atoms with Crippen molar-refractivity contribution in [3.05, 3.63) is 69.6 Å². The Morgan fingerprint density at radius 1 is 1.25 bits per heavy atom. The van der Waals surface area contributed by atoms with Gasteiger partial charge in [0.15, 0.2) is 11.5 Å². The van der Waals surface area contributed by atoms with Crippen molar-refractivity contribution in [2.75, 3.05) is 25.6 Å². The molecule has 3 rings (SSSR count). The molecule has 1 aliphatic rings. The lowest BCUT2D eigenvalue weighted by Gasteiger charge is -2.13. The van der Waals surface area contributed by atoms with Gasteiger partial charge in [0, 0.05) is 5.69 Å². The van der Waals surface area contributed by atoms with E-state index in [1.807, 2.05) is 19.1 Å². The van der Waals surface area contributed by atoms with Crippen molar-refractivity contribution in [2.45, 2.75) is 6.92 Å². The molecule has 0 radical (unpaired) electrons.